The molecule has 0 aromatic heterocycles. The van der Waals surface area contributed by atoms with Crippen LogP contribution in [0, 0.1) is 0 Å². The fourth-order valence-corrected chi connectivity index (χ4v) is 2.31. The third-order valence-corrected chi connectivity index (χ3v) is 3.34. The lowest BCUT2D eigenvalue weighted by molar-refractivity contribution is 0.0319. The van der Waals surface area contributed by atoms with Crippen molar-refractivity contribution >= 4 is 0 Å². The van der Waals surface area contributed by atoms with E-state index in [9.17, 15) is 5.11 Å². The van der Waals surface area contributed by atoms with Crippen molar-refractivity contribution in [3.05, 3.63) is 29.8 Å². The highest BCUT2D eigenvalue weighted by Crippen LogP contribution is 2.23. The summed E-state index contributed by atoms with van der Waals surface area (Å²) in [6, 6.07) is 7.81. The minimum Gasteiger partial charge on any atom is -0.488 e. The average Bonchev–Trinajstić information content (AvgIpc) is 2.55. The van der Waals surface area contributed by atoms with E-state index in [1.54, 1.807) is 0 Å². The van der Waals surface area contributed by atoms with Crippen molar-refractivity contribution < 1.29 is 9.84 Å². The van der Waals surface area contributed by atoms with Gasteiger partial charge in [-0.2, -0.15) is 0 Å². The highest BCUT2D eigenvalue weighted by atomic mass is 16.5. The molecule has 1 aliphatic carbocycles. The molecule has 2 rings (SSSR count). The van der Waals surface area contributed by atoms with Crippen LogP contribution in [0.5, 0.6) is 5.75 Å². The van der Waals surface area contributed by atoms with Gasteiger partial charge < -0.3 is 15.6 Å². The minimum atomic E-state index is -0.334. The number of hydrogen-bond acceptors (Lipinski definition) is 3. The Morgan fingerprint density at radius 2 is 2.06 bits per heavy atom. The zero-order chi connectivity index (χ0) is 12.1. The minimum absolute atomic E-state index is 0.0643. The summed E-state index contributed by atoms with van der Waals surface area (Å²) in [4.78, 5) is 0. The number of ether oxygens (including phenoxy) is 1. The Kier molecular flexibility index (Phi) is 4.40. The molecule has 3 heteroatoms. The molecule has 0 radical (unpaired) electrons. The third-order valence-electron chi connectivity index (χ3n) is 3.34. The van der Waals surface area contributed by atoms with Gasteiger partial charge in [-0.1, -0.05) is 25.0 Å². The van der Waals surface area contributed by atoms with Crippen LogP contribution >= 0.6 is 0 Å². The molecule has 0 saturated heterocycles. The maximum Gasteiger partial charge on any atom is 0.124 e. The molecule has 3 N–H and O–H groups in total. The van der Waals surface area contributed by atoms with E-state index in [0.717, 1.165) is 37.0 Å². The van der Waals surface area contributed by atoms with Crippen molar-refractivity contribution in [1.82, 2.24) is 0 Å². The van der Waals surface area contributed by atoms with E-state index < -0.39 is 0 Å². The molecule has 1 fully saturated rings. The van der Waals surface area contributed by atoms with E-state index >= 15 is 0 Å². The Bertz CT molecular complexity index is 354. The van der Waals surface area contributed by atoms with Crippen LogP contribution in [0.15, 0.2) is 24.3 Å². The van der Waals surface area contributed by atoms with Crippen LogP contribution in [0.2, 0.25) is 0 Å². The van der Waals surface area contributed by atoms with E-state index in [1.165, 1.54) is 6.42 Å². The normalized spacial score (nSPS) is 25.3. The first-order chi connectivity index (χ1) is 8.29. The summed E-state index contributed by atoms with van der Waals surface area (Å²) in [5.74, 6) is 0.818. The van der Waals surface area contributed by atoms with Gasteiger partial charge in [0, 0.05) is 6.54 Å². The molecule has 2 atom stereocenters. The van der Waals surface area contributed by atoms with Gasteiger partial charge in [-0.25, -0.2) is 0 Å². The van der Waals surface area contributed by atoms with E-state index in [1.807, 2.05) is 24.3 Å². The number of hydrogen-bond donors (Lipinski definition) is 2. The number of nitrogens with two attached hydrogens (primary N) is 1. The van der Waals surface area contributed by atoms with Crippen LogP contribution in [0.4, 0.5) is 0 Å². The Morgan fingerprint density at radius 1 is 1.24 bits per heavy atom. The standard InChI is InChI=1S/C14H21NO2/c15-10-11-5-4-6-12(9-11)17-14-8-3-1-2-7-13(14)16/h4-6,9,13-14,16H,1-3,7-8,10,15H2. The molecule has 1 aliphatic rings. The second-order valence-electron chi connectivity index (χ2n) is 4.71. The van der Waals surface area contributed by atoms with Crippen molar-refractivity contribution in [2.45, 2.75) is 50.9 Å². The fraction of sp³-hybridized carbons (Fsp3) is 0.571. The summed E-state index contributed by atoms with van der Waals surface area (Å²) in [7, 11) is 0. The molecule has 1 saturated carbocycles. The van der Waals surface area contributed by atoms with Crippen molar-refractivity contribution in [3.8, 4) is 5.75 Å². The quantitative estimate of drug-likeness (QED) is 0.790. The van der Waals surface area contributed by atoms with Crippen LogP contribution < -0.4 is 10.5 Å². The van der Waals surface area contributed by atoms with Crippen LogP contribution in [0.25, 0.3) is 0 Å². The second kappa shape index (κ2) is 6.03. The van der Waals surface area contributed by atoms with Crippen molar-refractivity contribution in [1.29, 1.82) is 0 Å². The Morgan fingerprint density at radius 3 is 2.88 bits per heavy atom. The number of aliphatic hydroxyl groups excluding tert-OH is 1. The second-order valence-corrected chi connectivity index (χ2v) is 4.71. The number of aliphatic hydroxyl groups is 1. The first-order valence-electron chi connectivity index (χ1n) is 6.43. The zero-order valence-electron chi connectivity index (χ0n) is 10.1. The topological polar surface area (TPSA) is 55.5 Å². The average molecular weight is 235 g/mol. The van der Waals surface area contributed by atoms with Crippen molar-refractivity contribution in [2.75, 3.05) is 0 Å². The molecule has 3 nitrogen and oxygen atoms in total. The lowest BCUT2D eigenvalue weighted by atomic mass is 10.1. The first-order valence-corrected chi connectivity index (χ1v) is 6.43. The smallest absolute Gasteiger partial charge is 0.124 e. The van der Waals surface area contributed by atoms with Crippen LogP contribution in [-0.2, 0) is 6.54 Å². The predicted molar refractivity (Wildman–Crippen MR) is 67.8 cm³/mol. The summed E-state index contributed by atoms with van der Waals surface area (Å²) >= 11 is 0. The SMILES string of the molecule is NCc1cccc(OC2CCCCCC2O)c1. The Hall–Kier alpha value is -1.06. The van der Waals surface area contributed by atoms with Crippen molar-refractivity contribution in [3.63, 3.8) is 0 Å². The maximum absolute atomic E-state index is 9.99. The van der Waals surface area contributed by atoms with Gasteiger partial charge in [-0.3, -0.25) is 0 Å². The van der Waals surface area contributed by atoms with Gasteiger partial charge in [-0.05, 0) is 37.0 Å². The predicted octanol–water partition coefficient (Wildman–Crippen LogP) is 2.22. The van der Waals surface area contributed by atoms with Gasteiger partial charge in [0.1, 0.15) is 11.9 Å². The van der Waals surface area contributed by atoms with E-state index in [4.69, 9.17) is 10.5 Å². The molecule has 1 aromatic rings. The zero-order valence-corrected chi connectivity index (χ0v) is 10.1. The Balaban J connectivity index is 2.02. The summed E-state index contributed by atoms with van der Waals surface area (Å²) < 4.78 is 5.88. The van der Waals surface area contributed by atoms with Crippen LogP contribution in [0.1, 0.15) is 37.7 Å². The Labute approximate surface area is 103 Å². The largest absolute Gasteiger partial charge is 0.488 e. The van der Waals surface area contributed by atoms with E-state index in [0.29, 0.717) is 6.54 Å². The molecule has 17 heavy (non-hydrogen) atoms. The monoisotopic (exact) mass is 235 g/mol. The molecule has 0 aliphatic heterocycles. The lowest BCUT2D eigenvalue weighted by Gasteiger charge is -2.22. The highest BCUT2D eigenvalue weighted by molar-refractivity contribution is 5.28. The van der Waals surface area contributed by atoms with Gasteiger partial charge in [0.05, 0.1) is 6.10 Å². The molecule has 1 aromatic carbocycles. The summed E-state index contributed by atoms with van der Waals surface area (Å²) in [6.45, 7) is 0.518. The van der Waals surface area contributed by atoms with Gasteiger partial charge >= 0.3 is 0 Å². The highest BCUT2D eigenvalue weighted by Gasteiger charge is 2.23. The third kappa shape index (κ3) is 3.45. The van der Waals surface area contributed by atoms with Crippen molar-refractivity contribution in [2.24, 2.45) is 5.73 Å². The summed E-state index contributed by atoms with van der Waals surface area (Å²) in [5, 5.41) is 9.99. The molecule has 94 valence electrons. The van der Waals surface area contributed by atoms with E-state index in [2.05, 4.69) is 0 Å². The maximum atomic E-state index is 9.99. The fourth-order valence-electron chi connectivity index (χ4n) is 2.31. The molecule has 2 unspecified atom stereocenters. The van der Waals surface area contributed by atoms with Gasteiger partial charge in [0.2, 0.25) is 0 Å². The lowest BCUT2D eigenvalue weighted by Crippen LogP contribution is -2.30. The molecular formula is C14H21NO2. The van der Waals surface area contributed by atoms with Crippen LogP contribution in [0.3, 0.4) is 0 Å². The van der Waals surface area contributed by atoms with E-state index in [-0.39, 0.29) is 12.2 Å². The molecule has 0 amide bonds. The summed E-state index contributed by atoms with van der Waals surface area (Å²) in [5.41, 5.74) is 6.66. The summed E-state index contributed by atoms with van der Waals surface area (Å²) in [6.07, 6.45) is 4.82. The molecule has 0 heterocycles. The van der Waals surface area contributed by atoms with Crippen LogP contribution in [-0.4, -0.2) is 17.3 Å². The first kappa shape index (κ1) is 12.4. The number of benzene rings is 1. The number of rotatable bonds is 3. The van der Waals surface area contributed by atoms with Gasteiger partial charge in [0.15, 0.2) is 0 Å². The molecule has 0 bridgehead atoms. The van der Waals surface area contributed by atoms with Gasteiger partial charge in [-0.15, -0.1) is 0 Å². The molecule has 0 spiro atoms. The van der Waals surface area contributed by atoms with Gasteiger partial charge in [0.25, 0.3) is 0 Å². The molecular weight excluding hydrogens is 214 g/mol.